The summed E-state index contributed by atoms with van der Waals surface area (Å²) in [4.78, 5) is 1.53. The molecular formula is C18H23NOS. The van der Waals surface area contributed by atoms with E-state index >= 15 is 0 Å². The lowest BCUT2D eigenvalue weighted by atomic mass is 9.59. The van der Waals surface area contributed by atoms with Crippen LogP contribution in [0.1, 0.15) is 29.2 Å². The lowest BCUT2D eigenvalue weighted by Crippen LogP contribution is -2.47. The minimum absolute atomic E-state index is 0.322. The number of nitrogens with one attached hydrogen (secondary N) is 1. The highest BCUT2D eigenvalue weighted by Crippen LogP contribution is 2.53. The lowest BCUT2D eigenvalue weighted by molar-refractivity contribution is 0.174. The summed E-state index contributed by atoms with van der Waals surface area (Å²) in [5.74, 6) is 0.706. The van der Waals surface area contributed by atoms with Crippen LogP contribution in [0.3, 0.4) is 0 Å². The predicted molar refractivity (Wildman–Crippen MR) is 89.2 cm³/mol. The van der Waals surface area contributed by atoms with Crippen LogP contribution in [0.2, 0.25) is 0 Å². The van der Waals surface area contributed by atoms with Crippen LogP contribution in [-0.4, -0.2) is 26.8 Å². The second-order valence-corrected chi connectivity index (χ2v) is 6.89. The molecule has 0 radical (unpaired) electrons. The van der Waals surface area contributed by atoms with Crippen molar-refractivity contribution in [2.45, 2.75) is 24.2 Å². The van der Waals surface area contributed by atoms with E-state index in [9.17, 15) is 0 Å². The molecule has 3 heteroatoms. The van der Waals surface area contributed by atoms with Gasteiger partial charge in [-0.15, -0.1) is 11.3 Å². The summed E-state index contributed by atoms with van der Waals surface area (Å²) < 4.78 is 5.13. The van der Waals surface area contributed by atoms with Gasteiger partial charge >= 0.3 is 0 Å². The van der Waals surface area contributed by atoms with Gasteiger partial charge < -0.3 is 10.1 Å². The molecule has 0 saturated heterocycles. The maximum Gasteiger partial charge on any atom is 0.0587 e. The number of hydrogen-bond donors (Lipinski definition) is 1. The summed E-state index contributed by atoms with van der Waals surface area (Å²) in [5.41, 5.74) is 1.81. The fourth-order valence-electron chi connectivity index (χ4n) is 3.36. The lowest BCUT2D eigenvalue weighted by Gasteiger charge is -2.48. The van der Waals surface area contributed by atoms with Crippen molar-refractivity contribution >= 4 is 11.3 Å². The Kier molecular flexibility index (Phi) is 4.73. The molecule has 0 atom stereocenters. The van der Waals surface area contributed by atoms with Crippen molar-refractivity contribution in [3.05, 3.63) is 58.3 Å². The number of methoxy groups -OCH3 is 1. The van der Waals surface area contributed by atoms with Gasteiger partial charge in [-0.05, 0) is 35.8 Å². The van der Waals surface area contributed by atoms with Gasteiger partial charge in [-0.1, -0.05) is 36.4 Å². The van der Waals surface area contributed by atoms with Gasteiger partial charge in [0.2, 0.25) is 0 Å². The number of benzene rings is 1. The molecule has 2 aromatic rings. The van der Waals surface area contributed by atoms with Crippen molar-refractivity contribution in [3.63, 3.8) is 0 Å². The fraction of sp³-hybridized carbons (Fsp3) is 0.444. The molecule has 3 rings (SSSR count). The summed E-state index contributed by atoms with van der Waals surface area (Å²) in [6.07, 6.45) is 2.50. The molecule has 1 fully saturated rings. The smallest absolute Gasteiger partial charge is 0.0587 e. The Labute approximate surface area is 131 Å². The SMILES string of the molecule is COCCNCC1(c2cccs2)CC(c2ccccc2)C1. The molecule has 112 valence electrons. The maximum atomic E-state index is 5.13. The van der Waals surface area contributed by atoms with Gasteiger partial charge in [-0.25, -0.2) is 0 Å². The minimum atomic E-state index is 0.322. The highest BCUT2D eigenvalue weighted by molar-refractivity contribution is 7.10. The minimum Gasteiger partial charge on any atom is -0.383 e. The largest absolute Gasteiger partial charge is 0.383 e. The number of rotatable bonds is 7. The van der Waals surface area contributed by atoms with Gasteiger partial charge in [0.05, 0.1) is 6.61 Å². The molecule has 1 aromatic carbocycles. The first-order valence-corrected chi connectivity index (χ1v) is 8.51. The summed E-state index contributed by atoms with van der Waals surface area (Å²) in [6.45, 7) is 2.77. The quantitative estimate of drug-likeness (QED) is 0.785. The topological polar surface area (TPSA) is 21.3 Å². The molecule has 1 aromatic heterocycles. The van der Waals surface area contributed by atoms with Crippen LogP contribution < -0.4 is 5.32 Å². The zero-order chi connectivity index (χ0) is 14.5. The summed E-state index contributed by atoms with van der Waals surface area (Å²) in [7, 11) is 1.76. The number of hydrogen-bond acceptors (Lipinski definition) is 3. The molecule has 0 aliphatic heterocycles. The van der Waals surface area contributed by atoms with E-state index < -0.39 is 0 Å². The summed E-state index contributed by atoms with van der Waals surface area (Å²) in [6, 6.07) is 15.4. The van der Waals surface area contributed by atoms with E-state index in [1.54, 1.807) is 7.11 Å². The molecule has 1 saturated carbocycles. The number of ether oxygens (including phenoxy) is 1. The van der Waals surface area contributed by atoms with Gasteiger partial charge in [0, 0.05) is 30.5 Å². The van der Waals surface area contributed by atoms with E-state index in [0.717, 1.165) is 19.7 Å². The van der Waals surface area contributed by atoms with E-state index in [2.05, 4.69) is 53.2 Å². The van der Waals surface area contributed by atoms with Crippen molar-refractivity contribution in [2.75, 3.05) is 26.8 Å². The molecule has 1 aliphatic carbocycles. The third-order valence-corrected chi connectivity index (χ3v) is 5.65. The Balaban J connectivity index is 1.66. The van der Waals surface area contributed by atoms with E-state index in [1.165, 1.54) is 23.3 Å². The van der Waals surface area contributed by atoms with Crippen molar-refractivity contribution in [1.29, 1.82) is 0 Å². The van der Waals surface area contributed by atoms with Crippen LogP contribution >= 0.6 is 11.3 Å². The Morgan fingerprint density at radius 2 is 2.00 bits per heavy atom. The van der Waals surface area contributed by atoms with E-state index in [1.807, 2.05) is 11.3 Å². The van der Waals surface area contributed by atoms with E-state index in [-0.39, 0.29) is 0 Å². The standard InChI is InChI=1S/C18H23NOS/c1-20-10-9-19-14-18(17-8-5-11-21-17)12-16(13-18)15-6-3-2-4-7-15/h2-8,11,16,19H,9-10,12-14H2,1H3. The second kappa shape index (κ2) is 6.73. The Hall–Kier alpha value is -1.16. The summed E-state index contributed by atoms with van der Waals surface area (Å²) >= 11 is 1.90. The molecule has 1 N–H and O–H groups in total. The molecule has 1 aliphatic rings. The van der Waals surface area contributed by atoms with Crippen LogP contribution in [-0.2, 0) is 10.2 Å². The average Bonchev–Trinajstić information content (AvgIpc) is 3.01. The second-order valence-electron chi connectivity index (χ2n) is 5.94. The molecular weight excluding hydrogens is 278 g/mol. The van der Waals surface area contributed by atoms with Crippen LogP contribution in [0.15, 0.2) is 47.8 Å². The van der Waals surface area contributed by atoms with Crippen molar-refractivity contribution in [2.24, 2.45) is 0 Å². The van der Waals surface area contributed by atoms with Gasteiger partial charge in [0.1, 0.15) is 0 Å². The molecule has 0 spiro atoms. The third kappa shape index (κ3) is 3.20. The first-order valence-electron chi connectivity index (χ1n) is 7.63. The third-order valence-electron chi connectivity index (χ3n) is 4.54. The molecule has 21 heavy (non-hydrogen) atoms. The number of thiophene rings is 1. The van der Waals surface area contributed by atoms with Crippen LogP contribution in [0.4, 0.5) is 0 Å². The molecule has 2 nitrogen and oxygen atoms in total. The highest BCUT2D eigenvalue weighted by Gasteiger charge is 2.46. The van der Waals surface area contributed by atoms with Crippen LogP contribution in [0.5, 0.6) is 0 Å². The summed E-state index contributed by atoms with van der Waals surface area (Å²) in [5, 5.41) is 5.77. The van der Waals surface area contributed by atoms with Crippen molar-refractivity contribution in [3.8, 4) is 0 Å². The first-order chi connectivity index (χ1) is 10.3. The Bertz CT molecular complexity index is 532. The molecule has 0 unspecified atom stereocenters. The van der Waals surface area contributed by atoms with E-state index in [4.69, 9.17) is 4.74 Å². The zero-order valence-corrected chi connectivity index (χ0v) is 13.4. The monoisotopic (exact) mass is 301 g/mol. The van der Waals surface area contributed by atoms with Gasteiger partial charge in [-0.3, -0.25) is 0 Å². The average molecular weight is 301 g/mol. The molecule has 0 amide bonds. The normalized spacial score (nSPS) is 24.7. The van der Waals surface area contributed by atoms with Crippen LogP contribution in [0.25, 0.3) is 0 Å². The molecule has 0 bridgehead atoms. The van der Waals surface area contributed by atoms with Gasteiger partial charge in [0.25, 0.3) is 0 Å². The highest BCUT2D eigenvalue weighted by atomic mass is 32.1. The first kappa shape index (κ1) is 14.8. The van der Waals surface area contributed by atoms with Gasteiger partial charge in [-0.2, -0.15) is 0 Å². The zero-order valence-electron chi connectivity index (χ0n) is 12.5. The maximum absolute atomic E-state index is 5.13. The Morgan fingerprint density at radius 3 is 2.67 bits per heavy atom. The molecule has 1 heterocycles. The van der Waals surface area contributed by atoms with Gasteiger partial charge in [0.15, 0.2) is 0 Å². The van der Waals surface area contributed by atoms with Crippen molar-refractivity contribution < 1.29 is 4.74 Å². The van der Waals surface area contributed by atoms with E-state index in [0.29, 0.717) is 11.3 Å². The fourth-order valence-corrected chi connectivity index (χ4v) is 4.31. The van der Waals surface area contributed by atoms with Crippen LogP contribution in [0, 0.1) is 0 Å². The predicted octanol–water partition coefficient (Wildman–Crippen LogP) is 3.80. The van der Waals surface area contributed by atoms with Crippen molar-refractivity contribution in [1.82, 2.24) is 5.32 Å². The Morgan fingerprint density at radius 1 is 1.19 bits per heavy atom.